The second-order valence-corrected chi connectivity index (χ2v) is 7.37. The quantitative estimate of drug-likeness (QED) is 0.470. The van der Waals surface area contributed by atoms with Gasteiger partial charge in [-0.15, -0.1) is 10.2 Å². The highest BCUT2D eigenvalue weighted by molar-refractivity contribution is 7.99. The highest BCUT2D eigenvalue weighted by atomic mass is 32.2. The lowest BCUT2D eigenvalue weighted by molar-refractivity contribution is 0.376. The number of aromatic nitrogens is 6. The third-order valence-corrected chi connectivity index (χ3v) is 5.06. The van der Waals surface area contributed by atoms with Crippen molar-refractivity contribution >= 4 is 11.8 Å². The molecular formula is C19H18N6OS. The zero-order chi connectivity index (χ0) is 18.6. The Morgan fingerprint density at radius 3 is 2.67 bits per heavy atom. The minimum atomic E-state index is -0.0355. The highest BCUT2D eigenvalue weighted by Gasteiger charge is 2.21. The zero-order valence-electron chi connectivity index (χ0n) is 15.0. The molecule has 0 saturated carbocycles. The second kappa shape index (κ2) is 7.71. The fraction of sp³-hybridized carbons (Fsp3) is 0.211. The molecule has 4 aromatic rings. The molecule has 0 saturated heterocycles. The third kappa shape index (κ3) is 3.90. The molecule has 0 bridgehead atoms. The van der Waals surface area contributed by atoms with Crippen LogP contribution in [0.1, 0.15) is 29.5 Å². The van der Waals surface area contributed by atoms with Crippen LogP contribution in [0, 0.1) is 6.92 Å². The van der Waals surface area contributed by atoms with Gasteiger partial charge in [-0.25, -0.2) is 0 Å². The minimum absolute atomic E-state index is 0.0355. The molecule has 136 valence electrons. The van der Waals surface area contributed by atoms with Gasteiger partial charge in [-0.05, 0) is 31.5 Å². The lowest BCUT2D eigenvalue weighted by atomic mass is 10.2. The van der Waals surface area contributed by atoms with Crippen LogP contribution in [-0.4, -0.2) is 29.9 Å². The van der Waals surface area contributed by atoms with Gasteiger partial charge < -0.3 is 4.52 Å². The third-order valence-electron chi connectivity index (χ3n) is 3.99. The van der Waals surface area contributed by atoms with Gasteiger partial charge >= 0.3 is 0 Å². The van der Waals surface area contributed by atoms with E-state index in [-0.39, 0.29) is 5.25 Å². The van der Waals surface area contributed by atoms with Gasteiger partial charge in [-0.2, -0.15) is 4.98 Å². The van der Waals surface area contributed by atoms with Gasteiger partial charge in [0.05, 0.1) is 11.8 Å². The molecule has 0 N–H and O–H groups in total. The van der Waals surface area contributed by atoms with Crippen molar-refractivity contribution in [3.63, 3.8) is 0 Å². The van der Waals surface area contributed by atoms with Crippen LogP contribution in [0.4, 0.5) is 0 Å². The average molecular weight is 378 g/mol. The summed E-state index contributed by atoms with van der Waals surface area (Å²) in [6.45, 7) is 4.49. The van der Waals surface area contributed by atoms with Crippen molar-refractivity contribution in [2.24, 2.45) is 0 Å². The molecular weight excluding hydrogens is 360 g/mol. The van der Waals surface area contributed by atoms with Gasteiger partial charge in [-0.1, -0.05) is 47.3 Å². The number of nitrogens with zero attached hydrogens (tertiary/aromatic N) is 6. The normalized spacial score (nSPS) is 12.2. The van der Waals surface area contributed by atoms with E-state index in [1.165, 1.54) is 5.56 Å². The molecule has 0 spiro atoms. The lowest BCUT2D eigenvalue weighted by Crippen LogP contribution is -2.05. The van der Waals surface area contributed by atoms with Crippen molar-refractivity contribution in [2.75, 3.05) is 0 Å². The first-order valence-electron chi connectivity index (χ1n) is 8.55. The molecule has 3 aromatic heterocycles. The van der Waals surface area contributed by atoms with Crippen LogP contribution in [0.5, 0.6) is 0 Å². The van der Waals surface area contributed by atoms with Gasteiger partial charge in [0.1, 0.15) is 0 Å². The standard InChI is InChI=1S/C19H18N6OS/c1-13(18-21-14(2)24-26-18)27-19-23-22-17(16-9-6-10-20-11-16)25(19)12-15-7-4-3-5-8-15/h3-11,13H,12H2,1-2H3. The first-order valence-corrected chi connectivity index (χ1v) is 9.43. The Balaban J connectivity index is 1.69. The molecule has 0 amide bonds. The van der Waals surface area contributed by atoms with E-state index in [0.717, 1.165) is 16.5 Å². The van der Waals surface area contributed by atoms with E-state index >= 15 is 0 Å². The lowest BCUT2D eigenvalue weighted by Gasteiger charge is -2.12. The molecule has 1 aromatic carbocycles. The van der Waals surface area contributed by atoms with Crippen molar-refractivity contribution in [1.29, 1.82) is 0 Å². The summed E-state index contributed by atoms with van der Waals surface area (Å²) in [6.07, 6.45) is 3.54. The van der Waals surface area contributed by atoms with E-state index in [1.54, 1.807) is 24.2 Å². The number of pyridine rings is 1. The number of hydrogen-bond acceptors (Lipinski definition) is 7. The van der Waals surface area contributed by atoms with Crippen LogP contribution >= 0.6 is 11.8 Å². The first-order chi connectivity index (χ1) is 13.2. The zero-order valence-corrected chi connectivity index (χ0v) is 15.8. The summed E-state index contributed by atoms with van der Waals surface area (Å²) < 4.78 is 7.39. The van der Waals surface area contributed by atoms with Crippen molar-refractivity contribution in [2.45, 2.75) is 30.8 Å². The molecule has 8 heteroatoms. The summed E-state index contributed by atoms with van der Waals surface area (Å²) in [5.74, 6) is 1.98. The molecule has 1 unspecified atom stereocenters. The van der Waals surface area contributed by atoms with Crippen LogP contribution in [0.25, 0.3) is 11.4 Å². The first kappa shape index (κ1) is 17.4. The topological polar surface area (TPSA) is 82.5 Å². The Kier molecular flexibility index (Phi) is 4.97. The van der Waals surface area contributed by atoms with E-state index in [2.05, 4.69) is 42.0 Å². The SMILES string of the molecule is Cc1noc(C(C)Sc2nnc(-c3cccnc3)n2Cc2ccccc2)n1. The van der Waals surface area contributed by atoms with E-state index in [0.29, 0.717) is 18.3 Å². The van der Waals surface area contributed by atoms with Gasteiger partial charge in [0.2, 0.25) is 5.89 Å². The minimum Gasteiger partial charge on any atom is -0.338 e. The van der Waals surface area contributed by atoms with Gasteiger partial charge in [0.15, 0.2) is 16.8 Å². The summed E-state index contributed by atoms with van der Waals surface area (Å²) >= 11 is 1.54. The van der Waals surface area contributed by atoms with Crippen molar-refractivity contribution < 1.29 is 4.52 Å². The maximum Gasteiger partial charge on any atom is 0.239 e. The summed E-state index contributed by atoms with van der Waals surface area (Å²) in [5, 5.41) is 13.5. The monoisotopic (exact) mass is 378 g/mol. The van der Waals surface area contributed by atoms with Gasteiger partial charge in [0, 0.05) is 18.0 Å². The van der Waals surface area contributed by atoms with E-state index in [9.17, 15) is 0 Å². The molecule has 3 heterocycles. The van der Waals surface area contributed by atoms with Gasteiger partial charge in [0.25, 0.3) is 0 Å². The largest absolute Gasteiger partial charge is 0.338 e. The molecule has 0 aliphatic carbocycles. The summed E-state index contributed by atoms with van der Waals surface area (Å²) in [7, 11) is 0. The van der Waals surface area contributed by atoms with Crippen molar-refractivity contribution in [1.82, 2.24) is 29.9 Å². The van der Waals surface area contributed by atoms with Crippen LogP contribution in [-0.2, 0) is 6.54 Å². The van der Waals surface area contributed by atoms with Crippen LogP contribution in [0.3, 0.4) is 0 Å². The van der Waals surface area contributed by atoms with Gasteiger partial charge in [-0.3, -0.25) is 9.55 Å². The fourth-order valence-corrected chi connectivity index (χ4v) is 3.56. The fourth-order valence-electron chi connectivity index (χ4n) is 2.68. The van der Waals surface area contributed by atoms with Crippen LogP contribution in [0.15, 0.2) is 64.5 Å². The number of hydrogen-bond donors (Lipinski definition) is 0. The van der Waals surface area contributed by atoms with E-state index < -0.39 is 0 Å². The van der Waals surface area contributed by atoms with E-state index in [1.807, 2.05) is 44.2 Å². The molecule has 1 atom stereocenters. The maximum absolute atomic E-state index is 5.30. The van der Waals surface area contributed by atoms with Crippen LogP contribution in [0.2, 0.25) is 0 Å². The maximum atomic E-state index is 5.30. The summed E-state index contributed by atoms with van der Waals surface area (Å²) in [5.41, 5.74) is 2.10. The summed E-state index contributed by atoms with van der Waals surface area (Å²) in [6, 6.07) is 14.1. The second-order valence-electron chi connectivity index (χ2n) is 6.06. The molecule has 27 heavy (non-hydrogen) atoms. The molecule has 0 fully saturated rings. The van der Waals surface area contributed by atoms with Crippen molar-refractivity contribution in [3.05, 3.63) is 72.1 Å². The Hall–Kier alpha value is -3.00. The number of rotatable bonds is 6. The number of benzene rings is 1. The molecule has 0 radical (unpaired) electrons. The van der Waals surface area contributed by atoms with Crippen LogP contribution < -0.4 is 0 Å². The Morgan fingerprint density at radius 2 is 1.96 bits per heavy atom. The smallest absolute Gasteiger partial charge is 0.239 e. The Labute approximate surface area is 160 Å². The van der Waals surface area contributed by atoms with E-state index in [4.69, 9.17) is 4.52 Å². The highest BCUT2D eigenvalue weighted by Crippen LogP contribution is 2.34. The predicted octanol–water partition coefficient (Wildman–Crippen LogP) is 3.93. The predicted molar refractivity (Wildman–Crippen MR) is 102 cm³/mol. The molecule has 7 nitrogen and oxygen atoms in total. The Bertz CT molecular complexity index is 1020. The molecule has 4 rings (SSSR count). The number of aryl methyl sites for hydroxylation is 1. The molecule has 0 aliphatic rings. The average Bonchev–Trinajstić information content (AvgIpc) is 3.30. The van der Waals surface area contributed by atoms with Crippen molar-refractivity contribution in [3.8, 4) is 11.4 Å². The number of thioether (sulfide) groups is 1. The molecule has 0 aliphatic heterocycles. The summed E-state index contributed by atoms with van der Waals surface area (Å²) in [4.78, 5) is 8.53. The Morgan fingerprint density at radius 1 is 1.11 bits per heavy atom.